The maximum atomic E-state index is 12.7. The van der Waals surface area contributed by atoms with Crippen molar-refractivity contribution in [1.82, 2.24) is 5.32 Å². The third-order valence-corrected chi connectivity index (χ3v) is 6.07. The van der Waals surface area contributed by atoms with E-state index in [1.165, 1.54) is 38.5 Å². The summed E-state index contributed by atoms with van der Waals surface area (Å²) in [4.78, 5) is 12.7. The third-order valence-electron chi connectivity index (χ3n) is 6.07. The van der Waals surface area contributed by atoms with Crippen molar-refractivity contribution in [2.45, 2.75) is 51.0 Å². The van der Waals surface area contributed by atoms with E-state index < -0.39 is 0 Å². The summed E-state index contributed by atoms with van der Waals surface area (Å²) in [6.07, 6.45) is 7.78. The summed E-state index contributed by atoms with van der Waals surface area (Å²) in [7, 11) is 1.66. The summed E-state index contributed by atoms with van der Waals surface area (Å²) in [6, 6.07) is 5.71. The van der Waals surface area contributed by atoms with Gasteiger partial charge in [-0.1, -0.05) is 0 Å². The lowest BCUT2D eigenvalue weighted by atomic mass is 9.53. The van der Waals surface area contributed by atoms with Crippen molar-refractivity contribution in [1.29, 1.82) is 0 Å². The van der Waals surface area contributed by atoms with Crippen LogP contribution in [0, 0.1) is 24.7 Å². The summed E-state index contributed by atoms with van der Waals surface area (Å²) < 4.78 is 5.28. The second-order valence-electron chi connectivity index (χ2n) is 7.84. The van der Waals surface area contributed by atoms with Crippen LogP contribution < -0.4 is 10.1 Å². The van der Waals surface area contributed by atoms with Crippen molar-refractivity contribution in [3.05, 3.63) is 29.3 Å². The van der Waals surface area contributed by atoms with E-state index in [9.17, 15) is 4.79 Å². The maximum Gasteiger partial charge on any atom is 0.251 e. The Kier molecular flexibility index (Phi) is 3.21. The molecule has 4 fully saturated rings. The van der Waals surface area contributed by atoms with Crippen molar-refractivity contribution in [2.24, 2.45) is 17.8 Å². The van der Waals surface area contributed by atoms with Crippen molar-refractivity contribution in [3.63, 3.8) is 0 Å². The zero-order valence-corrected chi connectivity index (χ0v) is 13.5. The van der Waals surface area contributed by atoms with Gasteiger partial charge < -0.3 is 10.1 Å². The molecular formula is C19H25NO2. The molecule has 3 nitrogen and oxygen atoms in total. The van der Waals surface area contributed by atoms with Crippen LogP contribution in [0.4, 0.5) is 0 Å². The smallest absolute Gasteiger partial charge is 0.251 e. The Morgan fingerprint density at radius 1 is 1.14 bits per heavy atom. The van der Waals surface area contributed by atoms with Gasteiger partial charge in [-0.3, -0.25) is 4.79 Å². The van der Waals surface area contributed by atoms with Crippen molar-refractivity contribution >= 4 is 5.91 Å². The Balaban J connectivity index is 1.53. The van der Waals surface area contributed by atoms with Crippen LogP contribution in [0.15, 0.2) is 18.2 Å². The summed E-state index contributed by atoms with van der Waals surface area (Å²) in [5, 5.41) is 3.43. The largest absolute Gasteiger partial charge is 0.496 e. The Labute approximate surface area is 132 Å². The molecule has 0 radical (unpaired) electrons. The minimum atomic E-state index is 0.0830. The van der Waals surface area contributed by atoms with Gasteiger partial charge in [-0.25, -0.2) is 0 Å². The lowest BCUT2D eigenvalue weighted by molar-refractivity contribution is -0.0167. The van der Waals surface area contributed by atoms with E-state index in [1.54, 1.807) is 7.11 Å². The summed E-state index contributed by atoms with van der Waals surface area (Å²) in [5.41, 5.74) is 1.86. The number of nitrogens with one attached hydrogen (secondary N) is 1. The molecule has 0 heterocycles. The van der Waals surface area contributed by atoms with Crippen molar-refractivity contribution < 1.29 is 9.53 Å². The van der Waals surface area contributed by atoms with Gasteiger partial charge in [0, 0.05) is 11.1 Å². The van der Waals surface area contributed by atoms with E-state index in [-0.39, 0.29) is 11.4 Å². The number of methoxy groups -OCH3 is 1. The Bertz CT molecular complexity index is 572. The average molecular weight is 299 g/mol. The average Bonchev–Trinajstić information content (AvgIpc) is 2.45. The van der Waals surface area contributed by atoms with Crippen LogP contribution in [0.2, 0.25) is 0 Å². The molecule has 0 aliphatic heterocycles. The molecule has 3 heteroatoms. The summed E-state index contributed by atoms with van der Waals surface area (Å²) in [5.74, 6) is 3.48. The molecule has 22 heavy (non-hydrogen) atoms. The first-order valence-corrected chi connectivity index (χ1v) is 8.54. The zero-order valence-electron chi connectivity index (χ0n) is 13.5. The fraction of sp³-hybridized carbons (Fsp3) is 0.632. The topological polar surface area (TPSA) is 38.3 Å². The number of rotatable bonds is 3. The molecule has 0 aromatic heterocycles. The fourth-order valence-corrected chi connectivity index (χ4v) is 5.60. The first-order chi connectivity index (χ1) is 10.6. The van der Waals surface area contributed by atoms with E-state index in [2.05, 4.69) is 5.32 Å². The Hall–Kier alpha value is -1.51. The van der Waals surface area contributed by atoms with E-state index in [4.69, 9.17) is 4.74 Å². The van der Waals surface area contributed by atoms with Gasteiger partial charge >= 0.3 is 0 Å². The molecule has 0 atom stereocenters. The van der Waals surface area contributed by atoms with Gasteiger partial charge in [0.2, 0.25) is 0 Å². The molecule has 118 valence electrons. The number of hydrogen-bond donors (Lipinski definition) is 1. The minimum absolute atomic E-state index is 0.0830. The highest BCUT2D eigenvalue weighted by molar-refractivity contribution is 5.95. The lowest BCUT2D eigenvalue weighted by Gasteiger charge is -2.56. The fourth-order valence-electron chi connectivity index (χ4n) is 5.60. The molecule has 0 spiro atoms. The second kappa shape index (κ2) is 5.00. The SMILES string of the molecule is COc1ccc(C(=O)NC23CC4CC(CC(C4)C2)C3)cc1C. The summed E-state index contributed by atoms with van der Waals surface area (Å²) in [6.45, 7) is 1.99. The van der Waals surface area contributed by atoms with Crippen LogP contribution in [0.25, 0.3) is 0 Å². The number of amides is 1. The Morgan fingerprint density at radius 2 is 1.73 bits per heavy atom. The number of ether oxygens (including phenoxy) is 1. The zero-order chi connectivity index (χ0) is 15.3. The molecule has 4 saturated carbocycles. The van der Waals surface area contributed by atoms with Crippen LogP contribution in [-0.2, 0) is 0 Å². The molecule has 4 aliphatic rings. The van der Waals surface area contributed by atoms with Gasteiger partial charge in [0.05, 0.1) is 7.11 Å². The predicted molar refractivity (Wildman–Crippen MR) is 86.1 cm³/mol. The molecule has 0 saturated heterocycles. The van der Waals surface area contributed by atoms with E-state index in [0.717, 1.165) is 34.6 Å². The monoisotopic (exact) mass is 299 g/mol. The molecular weight excluding hydrogens is 274 g/mol. The molecule has 4 aliphatic carbocycles. The summed E-state index contributed by atoms with van der Waals surface area (Å²) >= 11 is 0. The first kappa shape index (κ1) is 14.1. The van der Waals surface area contributed by atoms with Gasteiger partial charge in [-0.15, -0.1) is 0 Å². The first-order valence-electron chi connectivity index (χ1n) is 8.54. The molecule has 4 bridgehead atoms. The van der Waals surface area contributed by atoms with Gasteiger partial charge in [0.15, 0.2) is 0 Å². The number of benzene rings is 1. The highest BCUT2D eigenvalue weighted by Gasteiger charge is 2.51. The van der Waals surface area contributed by atoms with Crippen LogP contribution in [-0.4, -0.2) is 18.6 Å². The predicted octanol–water partition coefficient (Wildman–Crippen LogP) is 3.70. The quantitative estimate of drug-likeness (QED) is 0.924. The number of carbonyl (C=O) groups is 1. The molecule has 1 N–H and O–H groups in total. The third kappa shape index (κ3) is 2.31. The van der Waals surface area contributed by atoms with E-state index in [0.29, 0.717) is 0 Å². The lowest BCUT2D eigenvalue weighted by Crippen LogP contribution is -2.59. The number of carbonyl (C=O) groups excluding carboxylic acids is 1. The molecule has 1 aromatic carbocycles. The second-order valence-corrected chi connectivity index (χ2v) is 7.84. The minimum Gasteiger partial charge on any atom is -0.496 e. The van der Waals surface area contributed by atoms with E-state index >= 15 is 0 Å². The Morgan fingerprint density at radius 3 is 2.23 bits per heavy atom. The van der Waals surface area contributed by atoms with Crippen molar-refractivity contribution in [2.75, 3.05) is 7.11 Å². The molecule has 0 unspecified atom stereocenters. The highest BCUT2D eigenvalue weighted by Crippen LogP contribution is 2.55. The standard InChI is InChI=1S/C19H25NO2/c1-12-5-16(3-4-17(12)22-2)18(21)20-19-9-13-6-14(10-19)8-15(7-13)11-19/h3-5,13-15H,6-11H2,1-2H3,(H,20,21). The van der Waals surface area contributed by atoms with Crippen LogP contribution in [0.5, 0.6) is 5.75 Å². The molecule has 1 amide bonds. The van der Waals surface area contributed by atoms with Gasteiger partial charge in [0.25, 0.3) is 5.91 Å². The van der Waals surface area contributed by atoms with Crippen molar-refractivity contribution in [3.8, 4) is 5.75 Å². The van der Waals surface area contributed by atoms with Crippen LogP contribution >= 0.6 is 0 Å². The van der Waals surface area contributed by atoms with Crippen LogP contribution in [0.1, 0.15) is 54.4 Å². The van der Waals surface area contributed by atoms with E-state index in [1.807, 2.05) is 25.1 Å². The van der Waals surface area contributed by atoms with Gasteiger partial charge in [0.1, 0.15) is 5.75 Å². The van der Waals surface area contributed by atoms with Crippen LogP contribution in [0.3, 0.4) is 0 Å². The molecule has 5 rings (SSSR count). The number of aryl methyl sites for hydroxylation is 1. The normalized spacial score (nSPS) is 35.5. The maximum absolute atomic E-state index is 12.7. The van der Waals surface area contributed by atoms with Gasteiger partial charge in [-0.2, -0.15) is 0 Å². The molecule has 1 aromatic rings. The highest BCUT2D eigenvalue weighted by atomic mass is 16.5. The van der Waals surface area contributed by atoms with Gasteiger partial charge in [-0.05, 0) is 87.0 Å². The number of hydrogen-bond acceptors (Lipinski definition) is 2.